The monoisotopic (exact) mass is 315 g/mol. The molecule has 9 nitrogen and oxygen atoms in total. The van der Waals surface area contributed by atoms with Gasteiger partial charge in [-0.2, -0.15) is 5.11 Å². The third kappa shape index (κ3) is 4.25. The van der Waals surface area contributed by atoms with Gasteiger partial charge in [-0.15, -0.1) is 0 Å². The van der Waals surface area contributed by atoms with Crippen LogP contribution in [0.2, 0.25) is 0 Å². The third-order valence-electron chi connectivity index (χ3n) is 3.04. The van der Waals surface area contributed by atoms with Gasteiger partial charge in [-0.05, 0) is 11.0 Å². The molecule has 0 bridgehead atoms. The quantitative estimate of drug-likeness (QED) is 0.294. The highest BCUT2D eigenvalue weighted by Gasteiger charge is 2.09. The molecule has 118 valence electrons. The first-order chi connectivity index (χ1) is 11.0. The number of nitrogens with one attached hydrogen (secondary N) is 4. The van der Waals surface area contributed by atoms with Crippen molar-refractivity contribution < 1.29 is 10.0 Å². The molecule has 1 aromatic heterocycles. The first kappa shape index (κ1) is 16.4. The van der Waals surface area contributed by atoms with Gasteiger partial charge in [0.2, 0.25) is 0 Å². The number of hydrogen-bond acceptors (Lipinski definition) is 7. The van der Waals surface area contributed by atoms with Crippen LogP contribution in [0, 0.1) is 5.53 Å². The molecule has 0 atom stereocenters. The Labute approximate surface area is 130 Å². The van der Waals surface area contributed by atoms with E-state index in [2.05, 4.69) is 20.4 Å². The lowest BCUT2D eigenvalue weighted by Crippen LogP contribution is -2.29. The van der Waals surface area contributed by atoms with E-state index in [1.54, 1.807) is 24.3 Å². The van der Waals surface area contributed by atoms with Crippen LogP contribution in [0.25, 0.3) is 5.70 Å². The summed E-state index contributed by atoms with van der Waals surface area (Å²) in [5, 5.41) is 24.2. The maximum Gasteiger partial charge on any atom is 0.488 e. The van der Waals surface area contributed by atoms with Crippen molar-refractivity contribution in [1.82, 2.24) is 15.3 Å². The molecular weight excluding hydrogens is 301 g/mol. The summed E-state index contributed by atoms with van der Waals surface area (Å²) in [6.07, 6.45) is 2.56. The topological polar surface area (TPSA) is 154 Å². The molecule has 0 fully saturated rings. The second-order valence-electron chi connectivity index (χ2n) is 4.62. The summed E-state index contributed by atoms with van der Waals surface area (Å²) < 4.78 is 0. The van der Waals surface area contributed by atoms with Crippen LogP contribution in [0.15, 0.2) is 51.4 Å². The fraction of sp³-hybridized carbons (Fsp3) is 0.0769. The second kappa shape index (κ2) is 7.34. The molecule has 1 heterocycles. The maximum absolute atomic E-state index is 11.6. The minimum atomic E-state index is -1.52. The van der Waals surface area contributed by atoms with E-state index in [0.29, 0.717) is 12.0 Å². The first-order valence-corrected chi connectivity index (χ1v) is 6.59. The minimum Gasteiger partial charge on any atom is -0.423 e. The van der Waals surface area contributed by atoms with Gasteiger partial charge in [0.05, 0.1) is 5.56 Å². The molecule has 0 aliphatic rings. The maximum atomic E-state index is 11.6. The van der Waals surface area contributed by atoms with Crippen molar-refractivity contribution in [3.63, 3.8) is 0 Å². The van der Waals surface area contributed by atoms with E-state index in [9.17, 15) is 9.59 Å². The van der Waals surface area contributed by atoms with Crippen molar-refractivity contribution in [3.05, 3.63) is 68.6 Å². The molecule has 6 N–H and O–H groups in total. The molecule has 0 saturated heterocycles. The van der Waals surface area contributed by atoms with Crippen LogP contribution in [0.5, 0.6) is 0 Å². The van der Waals surface area contributed by atoms with Crippen molar-refractivity contribution in [2.75, 3.05) is 0 Å². The largest absolute Gasteiger partial charge is 0.488 e. The zero-order chi connectivity index (χ0) is 16.8. The molecule has 1 aromatic carbocycles. The summed E-state index contributed by atoms with van der Waals surface area (Å²) in [4.78, 5) is 27.0. The Kier molecular flexibility index (Phi) is 5.23. The molecule has 0 radical (unpaired) electrons. The lowest BCUT2D eigenvalue weighted by atomic mass is 9.80. The number of aromatic nitrogens is 2. The van der Waals surface area contributed by atoms with Crippen LogP contribution in [0.3, 0.4) is 0 Å². The molecule has 0 amide bonds. The van der Waals surface area contributed by atoms with Crippen LogP contribution in [0.4, 0.5) is 0 Å². The summed E-state index contributed by atoms with van der Waals surface area (Å²) in [7, 11) is -1.52. The van der Waals surface area contributed by atoms with Gasteiger partial charge < -0.3 is 20.3 Å². The summed E-state index contributed by atoms with van der Waals surface area (Å²) in [5.74, 6) is 0. The summed E-state index contributed by atoms with van der Waals surface area (Å²) in [6.45, 7) is 0.377. The summed E-state index contributed by atoms with van der Waals surface area (Å²) in [6, 6.07) is 6.57. The number of rotatable bonds is 6. The Morgan fingerprint density at radius 3 is 2.57 bits per heavy atom. The van der Waals surface area contributed by atoms with Gasteiger partial charge in [0.1, 0.15) is 5.70 Å². The van der Waals surface area contributed by atoms with Crippen molar-refractivity contribution in [1.29, 1.82) is 5.53 Å². The zero-order valence-electron chi connectivity index (χ0n) is 11.9. The Morgan fingerprint density at radius 1 is 1.30 bits per heavy atom. The first-order valence-electron chi connectivity index (χ1n) is 6.59. The number of H-pyrrole nitrogens is 2. The van der Waals surface area contributed by atoms with E-state index >= 15 is 0 Å². The SMILES string of the molecule is N=N/C(=C\NCc1ccc(B(O)O)cc1)c1c[nH]c(=O)[nH]c1=O. The molecule has 2 aromatic rings. The Balaban J connectivity index is 2.09. The van der Waals surface area contributed by atoms with Crippen molar-refractivity contribution in [2.45, 2.75) is 6.54 Å². The Hall–Kier alpha value is -2.98. The standard InChI is InChI=1S/C13H14BN5O4/c15-19-11(10-6-17-13(21)18-12(10)20)7-16-5-8-1-3-9(4-2-8)14(22)23/h1-4,6-7,15-16,22-23H,5H2,(H2,17,18,20,21)/b11-7-,19-15?. The van der Waals surface area contributed by atoms with Gasteiger partial charge in [-0.25, -0.2) is 10.3 Å². The number of hydrogen-bond donors (Lipinski definition) is 6. The number of nitrogens with zero attached hydrogens (tertiary/aromatic N) is 1. The average Bonchev–Trinajstić information content (AvgIpc) is 2.53. The van der Waals surface area contributed by atoms with Crippen LogP contribution in [-0.4, -0.2) is 27.1 Å². The van der Waals surface area contributed by atoms with Gasteiger partial charge in [0.25, 0.3) is 5.56 Å². The van der Waals surface area contributed by atoms with Gasteiger partial charge in [0, 0.05) is 18.9 Å². The molecule has 0 unspecified atom stereocenters. The second-order valence-corrected chi connectivity index (χ2v) is 4.62. The van der Waals surface area contributed by atoms with Gasteiger partial charge >= 0.3 is 12.8 Å². The van der Waals surface area contributed by atoms with Crippen LogP contribution >= 0.6 is 0 Å². The van der Waals surface area contributed by atoms with Gasteiger partial charge in [0.15, 0.2) is 0 Å². The molecule has 23 heavy (non-hydrogen) atoms. The molecule has 0 spiro atoms. The normalized spacial score (nSPS) is 11.1. The minimum absolute atomic E-state index is 0.0601. The fourth-order valence-electron chi connectivity index (χ4n) is 1.84. The Morgan fingerprint density at radius 2 is 2.00 bits per heavy atom. The Bertz CT molecular complexity index is 825. The lowest BCUT2D eigenvalue weighted by molar-refractivity contribution is 0.426. The van der Waals surface area contributed by atoms with Crippen molar-refractivity contribution in [2.24, 2.45) is 5.11 Å². The van der Waals surface area contributed by atoms with E-state index in [1.807, 2.05) is 0 Å². The molecule has 0 aliphatic heterocycles. The molecule has 0 aliphatic carbocycles. The van der Waals surface area contributed by atoms with Crippen molar-refractivity contribution in [3.8, 4) is 0 Å². The highest BCUT2D eigenvalue weighted by Crippen LogP contribution is 2.08. The summed E-state index contributed by atoms with van der Waals surface area (Å²) >= 11 is 0. The number of benzene rings is 1. The smallest absolute Gasteiger partial charge is 0.423 e. The van der Waals surface area contributed by atoms with Crippen LogP contribution in [0.1, 0.15) is 11.1 Å². The van der Waals surface area contributed by atoms with E-state index in [0.717, 1.165) is 5.56 Å². The summed E-state index contributed by atoms with van der Waals surface area (Å²) in [5.41, 5.74) is 7.20. The van der Waals surface area contributed by atoms with Crippen LogP contribution < -0.4 is 22.0 Å². The third-order valence-corrected chi connectivity index (χ3v) is 3.04. The molecule has 10 heteroatoms. The zero-order valence-corrected chi connectivity index (χ0v) is 11.9. The number of aromatic amines is 2. The highest BCUT2D eigenvalue weighted by molar-refractivity contribution is 6.58. The van der Waals surface area contributed by atoms with E-state index in [4.69, 9.17) is 15.6 Å². The highest BCUT2D eigenvalue weighted by atomic mass is 16.4. The lowest BCUT2D eigenvalue weighted by Gasteiger charge is -2.05. The molecule has 0 saturated carbocycles. The molecule has 2 rings (SSSR count). The van der Waals surface area contributed by atoms with Gasteiger partial charge in [-0.3, -0.25) is 9.78 Å². The van der Waals surface area contributed by atoms with Crippen LogP contribution in [-0.2, 0) is 6.54 Å². The van der Waals surface area contributed by atoms with E-state index in [-0.39, 0.29) is 11.3 Å². The van der Waals surface area contributed by atoms with E-state index < -0.39 is 18.4 Å². The van der Waals surface area contributed by atoms with Gasteiger partial charge in [-0.1, -0.05) is 24.3 Å². The van der Waals surface area contributed by atoms with Crippen molar-refractivity contribution >= 4 is 18.3 Å². The molecular formula is C13H14BN5O4. The average molecular weight is 315 g/mol. The fourth-order valence-corrected chi connectivity index (χ4v) is 1.84. The predicted molar refractivity (Wildman–Crippen MR) is 83.9 cm³/mol. The predicted octanol–water partition coefficient (Wildman–Crippen LogP) is -1.14. The van der Waals surface area contributed by atoms with E-state index in [1.165, 1.54) is 12.4 Å².